The molecule has 3 rings (SSSR count). The molecule has 0 saturated carbocycles. The lowest BCUT2D eigenvalue weighted by molar-refractivity contribution is 0.305. The predicted octanol–water partition coefficient (Wildman–Crippen LogP) is 3.73. The molecule has 1 atom stereocenters. The average molecular weight is 375 g/mol. The van der Waals surface area contributed by atoms with Crippen molar-refractivity contribution in [2.24, 2.45) is 5.92 Å². The first-order valence-corrected chi connectivity index (χ1v) is 8.97. The number of nitrogens with one attached hydrogen (secondary N) is 2. The molecule has 1 heterocycles. The second-order valence-corrected chi connectivity index (χ2v) is 6.87. The fourth-order valence-electron chi connectivity index (χ4n) is 2.83. The number of halogens is 1. The summed E-state index contributed by atoms with van der Waals surface area (Å²) in [6, 6.07) is 16.5. The molecule has 3 nitrogen and oxygen atoms in total. The van der Waals surface area contributed by atoms with Gasteiger partial charge in [-0.1, -0.05) is 46.3 Å². The zero-order valence-corrected chi connectivity index (χ0v) is 14.8. The molecule has 1 aliphatic heterocycles. The van der Waals surface area contributed by atoms with Crippen LogP contribution in [0, 0.1) is 5.92 Å². The van der Waals surface area contributed by atoms with Crippen molar-refractivity contribution < 1.29 is 4.74 Å². The van der Waals surface area contributed by atoms with E-state index in [-0.39, 0.29) is 0 Å². The second-order valence-electron chi connectivity index (χ2n) is 6.02. The summed E-state index contributed by atoms with van der Waals surface area (Å²) in [6.45, 7) is 4.84. The lowest BCUT2D eigenvalue weighted by Gasteiger charge is -2.12. The third kappa shape index (κ3) is 5.06. The van der Waals surface area contributed by atoms with E-state index < -0.39 is 0 Å². The van der Waals surface area contributed by atoms with Gasteiger partial charge in [0.1, 0.15) is 12.4 Å². The topological polar surface area (TPSA) is 33.3 Å². The van der Waals surface area contributed by atoms with Crippen molar-refractivity contribution in [1.82, 2.24) is 10.6 Å². The molecule has 0 spiro atoms. The van der Waals surface area contributed by atoms with Gasteiger partial charge in [0.05, 0.1) is 0 Å². The van der Waals surface area contributed by atoms with Crippen LogP contribution in [0.5, 0.6) is 5.75 Å². The van der Waals surface area contributed by atoms with E-state index in [0.717, 1.165) is 47.9 Å². The normalized spacial score (nSPS) is 17.3. The maximum atomic E-state index is 5.93. The van der Waals surface area contributed by atoms with E-state index >= 15 is 0 Å². The molecule has 23 heavy (non-hydrogen) atoms. The van der Waals surface area contributed by atoms with Crippen molar-refractivity contribution in [3.8, 4) is 5.75 Å². The van der Waals surface area contributed by atoms with Crippen LogP contribution in [-0.2, 0) is 13.2 Å². The van der Waals surface area contributed by atoms with Crippen LogP contribution in [0.2, 0.25) is 0 Å². The number of ether oxygens (including phenoxy) is 1. The van der Waals surface area contributed by atoms with E-state index in [2.05, 4.69) is 50.8 Å². The third-order valence-electron chi connectivity index (χ3n) is 4.18. The first kappa shape index (κ1) is 16.5. The van der Waals surface area contributed by atoms with Gasteiger partial charge in [-0.15, -0.1) is 0 Å². The van der Waals surface area contributed by atoms with Gasteiger partial charge in [-0.25, -0.2) is 0 Å². The van der Waals surface area contributed by atoms with Crippen LogP contribution in [0.25, 0.3) is 0 Å². The van der Waals surface area contributed by atoms with Crippen LogP contribution in [-0.4, -0.2) is 19.6 Å². The fourth-order valence-corrected chi connectivity index (χ4v) is 3.23. The molecule has 0 aliphatic carbocycles. The van der Waals surface area contributed by atoms with Crippen LogP contribution in [0.3, 0.4) is 0 Å². The van der Waals surface area contributed by atoms with Crippen LogP contribution in [0.1, 0.15) is 17.5 Å². The molecular formula is C19H23BrN2O. The summed E-state index contributed by atoms with van der Waals surface area (Å²) in [4.78, 5) is 0. The van der Waals surface area contributed by atoms with Crippen molar-refractivity contribution in [3.05, 3.63) is 64.1 Å². The SMILES string of the molecule is Brc1ccccc1COc1cccc(CNCC2CCNC2)c1. The van der Waals surface area contributed by atoms with E-state index in [9.17, 15) is 0 Å². The summed E-state index contributed by atoms with van der Waals surface area (Å²) in [5.74, 6) is 1.69. The summed E-state index contributed by atoms with van der Waals surface area (Å²) in [5, 5.41) is 6.95. The van der Waals surface area contributed by atoms with Crippen molar-refractivity contribution in [1.29, 1.82) is 0 Å². The van der Waals surface area contributed by atoms with Gasteiger partial charge in [-0.05, 0) is 55.7 Å². The molecule has 2 aromatic carbocycles. The molecule has 0 aromatic heterocycles. The molecule has 0 bridgehead atoms. The highest BCUT2D eigenvalue weighted by molar-refractivity contribution is 9.10. The summed E-state index contributed by atoms with van der Waals surface area (Å²) >= 11 is 3.56. The first-order valence-electron chi connectivity index (χ1n) is 8.18. The van der Waals surface area contributed by atoms with E-state index in [4.69, 9.17) is 4.74 Å². The highest BCUT2D eigenvalue weighted by atomic mass is 79.9. The fraction of sp³-hybridized carbons (Fsp3) is 0.368. The minimum atomic E-state index is 0.575. The zero-order chi connectivity index (χ0) is 15.9. The van der Waals surface area contributed by atoms with Crippen LogP contribution < -0.4 is 15.4 Å². The molecule has 0 amide bonds. The number of benzene rings is 2. The maximum absolute atomic E-state index is 5.93. The Morgan fingerprint density at radius 2 is 2.09 bits per heavy atom. The second kappa shape index (κ2) is 8.48. The van der Waals surface area contributed by atoms with Gasteiger partial charge in [0.25, 0.3) is 0 Å². The highest BCUT2D eigenvalue weighted by Crippen LogP contribution is 2.20. The summed E-state index contributed by atoms with van der Waals surface area (Å²) in [7, 11) is 0. The van der Waals surface area contributed by atoms with Gasteiger partial charge < -0.3 is 15.4 Å². The van der Waals surface area contributed by atoms with Crippen molar-refractivity contribution in [2.45, 2.75) is 19.6 Å². The molecule has 2 N–H and O–H groups in total. The standard InChI is InChI=1S/C19H23BrN2O/c20-19-7-2-1-5-17(19)14-23-18-6-3-4-15(10-18)11-22-13-16-8-9-21-12-16/h1-7,10,16,21-22H,8-9,11-14H2. The smallest absolute Gasteiger partial charge is 0.120 e. The Bertz CT molecular complexity index is 626. The van der Waals surface area contributed by atoms with E-state index in [1.165, 1.54) is 12.0 Å². The summed E-state index contributed by atoms with van der Waals surface area (Å²) in [5.41, 5.74) is 2.42. The highest BCUT2D eigenvalue weighted by Gasteiger charge is 2.13. The molecule has 1 unspecified atom stereocenters. The molecule has 1 fully saturated rings. The number of hydrogen-bond donors (Lipinski definition) is 2. The van der Waals surface area contributed by atoms with E-state index in [1.807, 2.05) is 24.3 Å². The first-order chi connectivity index (χ1) is 11.3. The van der Waals surface area contributed by atoms with Gasteiger partial charge in [-0.2, -0.15) is 0 Å². The predicted molar refractivity (Wildman–Crippen MR) is 97.6 cm³/mol. The number of hydrogen-bond acceptors (Lipinski definition) is 3. The van der Waals surface area contributed by atoms with Gasteiger partial charge in [0, 0.05) is 16.6 Å². The average Bonchev–Trinajstić information content (AvgIpc) is 3.08. The van der Waals surface area contributed by atoms with Crippen molar-refractivity contribution in [3.63, 3.8) is 0 Å². The van der Waals surface area contributed by atoms with Crippen LogP contribution >= 0.6 is 15.9 Å². The van der Waals surface area contributed by atoms with Crippen LogP contribution in [0.4, 0.5) is 0 Å². The Morgan fingerprint density at radius 1 is 1.17 bits per heavy atom. The molecule has 1 aliphatic rings. The van der Waals surface area contributed by atoms with Gasteiger partial charge >= 0.3 is 0 Å². The lowest BCUT2D eigenvalue weighted by Crippen LogP contribution is -2.24. The zero-order valence-electron chi connectivity index (χ0n) is 13.2. The Balaban J connectivity index is 1.49. The Kier molecular flexibility index (Phi) is 6.08. The monoisotopic (exact) mass is 374 g/mol. The molecule has 1 saturated heterocycles. The van der Waals surface area contributed by atoms with E-state index in [0.29, 0.717) is 6.61 Å². The molecule has 122 valence electrons. The summed E-state index contributed by atoms with van der Waals surface area (Å²) in [6.07, 6.45) is 1.28. The largest absolute Gasteiger partial charge is 0.489 e. The third-order valence-corrected chi connectivity index (χ3v) is 4.95. The summed E-state index contributed by atoms with van der Waals surface area (Å²) < 4.78 is 7.01. The Morgan fingerprint density at radius 3 is 2.91 bits per heavy atom. The molecule has 2 aromatic rings. The van der Waals surface area contributed by atoms with Crippen LogP contribution in [0.15, 0.2) is 53.0 Å². The van der Waals surface area contributed by atoms with Gasteiger partial charge in [-0.3, -0.25) is 0 Å². The van der Waals surface area contributed by atoms with E-state index in [1.54, 1.807) is 0 Å². The quantitative estimate of drug-likeness (QED) is 0.774. The van der Waals surface area contributed by atoms with Gasteiger partial charge in [0.2, 0.25) is 0 Å². The molecule has 0 radical (unpaired) electrons. The molecule has 4 heteroatoms. The minimum Gasteiger partial charge on any atom is -0.489 e. The number of rotatable bonds is 7. The molecular weight excluding hydrogens is 352 g/mol. The Hall–Kier alpha value is -1.36. The van der Waals surface area contributed by atoms with Crippen molar-refractivity contribution >= 4 is 15.9 Å². The van der Waals surface area contributed by atoms with Crippen molar-refractivity contribution in [2.75, 3.05) is 19.6 Å². The minimum absolute atomic E-state index is 0.575. The van der Waals surface area contributed by atoms with Gasteiger partial charge in [0.15, 0.2) is 0 Å². The maximum Gasteiger partial charge on any atom is 0.120 e. The Labute approximate surface area is 146 Å². The lowest BCUT2D eigenvalue weighted by atomic mass is 10.1.